The molecule has 1 heterocycles. The lowest BCUT2D eigenvalue weighted by molar-refractivity contribution is 0.0227. The molecule has 2 rings (SSSR count). The zero-order chi connectivity index (χ0) is 18.8. The standard InChI is InChI=1S/C22H34O4/c1-2-3-4-5-6-7-8-9-10-11-12-13-19-15-17-14-18(23)16-20(24)21(17)22(25)26-19/h14,16,19,23-24H,2-13,15H2,1H3. The smallest absolute Gasteiger partial charge is 0.342 e. The van der Waals surface area contributed by atoms with Crippen LogP contribution < -0.4 is 0 Å². The van der Waals surface area contributed by atoms with Gasteiger partial charge in [-0.3, -0.25) is 0 Å². The first-order valence-corrected chi connectivity index (χ1v) is 10.4. The zero-order valence-electron chi connectivity index (χ0n) is 16.1. The third-order valence-electron chi connectivity index (χ3n) is 5.24. The number of phenols is 2. The van der Waals surface area contributed by atoms with Crippen molar-refractivity contribution in [1.29, 1.82) is 0 Å². The SMILES string of the molecule is CCCCCCCCCCCCCC1Cc2cc(O)cc(O)c2C(=O)O1. The van der Waals surface area contributed by atoms with Crippen molar-refractivity contribution in [2.45, 2.75) is 96.5 Å². The molecular weight excluding hydrogens is 328 g/mol. The molecule has 1 aliphatic heterocycles. The van der Waals surface area contributed by atoms with E-state index in [-0.39, 0.29) is 23.2 Å². The second-order valence-corrected chi connectivity index (χ2v) is 7.55. The molecule has 0 saturated heterocycles. The lowest BCUT2D eigenvalue weighted by Crippen LogP contribution is -2.27. The van der Waals surface area contributed by atoms with Crippen molar-refractivity contribution in [3.8, 4) is 11.5 Å². The van der Waals surface area contributed by atoms with Crippen LogP contribution in [0, 0.1) is 0 Å². The first-order valence-electron chi connectivity index (χ1n) is 10.4. The summed E-state index contributed by atoms with van der Waals surface area (Å²) in [7, 11) is 0. The Hall–Kier alpha value is -1.71. The van der Waals surface area contributed by atoms with Crippen LogP contribution in [-0.4, -0.2) is 22.3 Å². The summed E-state index contributed by atoms with van der Waals surface area (Å²) in [5, 5.41) is 19.4. The molecule has 0 amide bonds. The average Bonchev–Trinajstić information content (AvgIpc) is 2.58. The summed E-state index contributed by atoms with van der Waals surface area (Å²) in [5.74, 6) is -0.681. The molecule has 1 aromatic carbocycles. The van der Waals surface area contributed by atoms with Crippen molar-refractivity contribution in [3.05, 3.63) is 23.3 Å². The highest BCUT2D eigenvalue weighted by Gasteiger charge is 2.29. The molecule has 0 radical (unpaired) electrons. The van der Waals surface area contributed by atoms with E-state index in [1.165, 1.54) is 70.3 Å². The first-order chi connectivity index (χ1) is 12.6. The number of phenolic OH excluding ortho intramolecular Hbond substituents is 2. The van der Waals surface area contributed by atoms with Gasteiger partial charge in [-0.1, -0.05) is 71.1 Å². The van der Waals surface area contributed by atoms with Crippen LogP contribution in [0.4, 0.5) is 0 Å². The van der Waals surface area contributed by atoms with Gasteiger partial charge in [0.2, 0.25) is 0 Å². The van der Waals surface area contributed by atoms with E-state index in [4.69, 9.17) is 4.74 Å². The van der Waals surface area contributed by atoms with Crippen LogP contribution in [0.1, 0.15) is 99.9 Å². The summed E-state index contributed by atoms with van der Waals surface area (Å²) in [6, 6.07) is 2.74. The molecule has 0 bridgehead atoms. The fraction of sp³-hybridized carbons (Fsp3) is 0.682. The Morgan fingerprint density at radius 1 is 0.923 bits per heavy atom. The van der Waals surface area contributed by atoms with Gasteiger partial charge in [-0.15, -0.1) is 0 Å². The Morgan fingerprint density at radius 2 is 1.50 bits per heavy atom. The van der Waals surface area contributed by atoms with E-state index in [1.807, 2.05) is 0 Å². The van der Waals surface area contributed by atoms with Gasteiger partial charge in [-0.05, 0) is 24.5 Å². The number of esters is 1. The molecule has 2 N–H and O–H groups in total. The second-order valence-electron chi connectivity index (χ2n) is 7.55. The number of ether oxygens (including phenoxy) is 1. The Bertz CT molecular complexity index is 568. The van der Waals surface area contributed by atoms with Crippen LogP contribution in [0.2, 0.25) is 0 Å². The maximum atomic E-state index is 12.1. The first kappa shape index (κ1) is 20.6. The third kappa shape index (κ3) is 6.54. The topological polar surface area (TPSA) is 66.8 Å². The maximum Gasteiger partial charge on any atom is 0.342 e. The van der Waals surface area contributed by atoms with Crippen molar-refractivity contribution in [3.63, 3.8) is 0 Å². The fourth-order valence-corrected chi connectivity index (χ4v) is 3.76. The summed E-state index contributed by atoms with van der Waals surface area (Å²) in [6.07, 6.45) is 15.5. The van der Waals surface area contributed by atoms with Crippen molar-refractivity contribution in [2.24, 2.45) is 0 Å². The Morgan fingerprint density at radius 3 is 2.12 bits per heavy atom. The number of hydrogen-bond acceptors (Lipinski definition) is 4. The van der Waals surface area contributed by atoms with Gasteiger partial charge >= 0.3 is 5.97 Å². The quantitative estimate of drug-likeness (QED) is 0.360. The Kier molecular flexibility index (Phi) is 8.79. The molecule has 146 valence electrons. The van der Waals surface area contributed by atoms with Gasteiger partial charge in [0, 0.05) is 12.5 Å². The van der Waals surface area contributed by atoms with Gasteiger partial charge in [-0.25, -0.2) is 4.79 Å². The van der Waals surface area contributed by atoms with E-state index in [9.17, 15) is 15.0 Å². The van der Waals surface area contributed by atoms with Gasteiger partial charge in [0.05, 0.1) is 0 Å². The summed E-state index contributed by atoms with van der Waals surface area (Å²) < 4.78 is 5.44. The predicted octanol–water partition coefficient (Wildman–Crippen LogP) is 5.88. The molecule has 4 nitrogen and oxygen atoms in total. The largest absolute Gasteiger partial charge is 0.508 e. The lowest BCUT2D eigenvalue weighted by Gasteiger charge is -2.25. The summed E-state index contributed by atoms with van der Waals surface area (Å²) in [4.78, 5) is 12.1. The average molecular weight is 363 g/mol. The van der Waals surface area contributed by atoms with Gasteiger partial charge in [0.15, 0.2) is 0 Å². The van der Waals surface area contributed by atoms with Crippen molar-refractivity contribution < 1.29 is 19.7 Å². The summed E-state index contributed by atoms with van der Waals surface area (Å²) in [5.41, 5.74) is 0.893. The molecule has 1 unspecified atom stereocenters. The molecule has 1 aromatic rings. The predicted molar refractivity (Wildman–Crippen MR) is 104 cm³/mol. The monoisotopic (exact) mass is 362 g/mol. The minimum absolute atomic E-state index is 0.00982. The minimum Gasteiger partial charge on any atom is -0.508 e. The molecule has 0 aliphatic carbocycles. The van der Waals surface area contributed by atoms with Gasteiger partial charge < -0.3 is 14.9 Å². The molecule has 1 aliphatic rings. The molecule has 1 atom stereocenters. The molecule has 0 saturated carbocycles. The van der Waals surface area contributed by atoms with E-state index >= 15 is 0 Å². The number of carbonyl (C=O) groups is 1. The number of benzene rings is 1. The number of fused-ring (bicyclic) bond motifs is 1. The summed E-state index contributed by atoms with van der Waals surface area (Å²) in [6.45, 7) is 2.25. The van der Waals surface area contributed by atoms with Gasteiger partial charge in [0.25, 0.3) is 0 Å². The van der Waals surface area contributed by atoms with Crippen molar-refractivity contribution >= 4 is 5.97 Å². The van der Waals surface area contributed by atoms with E-state index in [0.29, 0.717) is 12.0 Å². The van der Waals surface area contributed by atoms with Crippen LogP contribution in [0.25, 0.3) is 0 Å². The highest BCUT2D eigenvalue weighted by atomic mass is 16.5. The van der Waals surface area contributed by atoms with Crippen LogP contribution in [0.3, 0.4) is 0 Å². The van der Waals surface area contributed by atoms with E-state index < -0.39 is 5.97 Å². The molecule has 0 aromatic heterocycles. The highest BCUT2D eigenvalue weighted by Crippen LogP contribution is 2.33. The van der Waals surface area contributed by atoms with Crippen molar-refractivity contribution in [2.75, 3.05) is 0 Å². The fourth-order valence-electron chi connectivity index (χ4n) is 3.76. The number of unbranched alkanes of at least 4 members (excludes halogenated alkanes) is 10. The van der Waals surface area contributed by atoms with E-state index in [2.05, 4.69) is 6.92 Å². The summed E-state index contributed by atoms with van der Waals surface area (Å²) >= 11 is 0. The van der Waals surface area contributed by atoms with Crippen LogP contribution in [0.5, 0.6) is 11.5 Å². The third-order valence-corrected chi connectivity index (χ3v) is 5.24. The van der Waals surface area contributed by atoms with Crippen LogP contribution in [-0.2, 0) is 11.2 Å². The number of hydrogen-bond donors (Lipinski definition) is 2. The van der Waals surface area contributed by atoms with Crippen molar-refractivity contribution in [1.82, 2.24) is 0 Å². The number of aromatic hydroxyl groups is 2. The molecule has 4 heteroatoms. The maximum absolute atomic E-state index is 12.1. The van der Waals surface area contributed by atoms with Gasteiger partial charge in [0.1, 0.15) is 23.2 Å². The Balaban J connectivity index is 1.57. The molecule has 0 fully saturated rings. The lowest BCUT2D eigenvalue weighted by atomic mass is 9.94. The molecular formula is C22H34O4. The molecule has 26 heavy (non-hydrogen) atoms. The zero-order valence-corrected chi connectivity index (χ0v) is 16.1. The highest BCUT2D eigenvalue weighted by molar-refractivity contribution is 5.95. The molecule has 0 spiro atoms. The number of cyclic esters (lactones) is 1. The minimum atomic E-state index is -0.475. The van der Waals surface area contributed by atoms with Crippen LogP contribution in [0.15, 0.2) is 12.1 Å². The van der Waals surface area contributed by atoms with E-state index in [0.717, 1.165) is 12.8 Å². The second kappa shape index (κ2) is 11.1. The number of rotatable bonds is 12. The normalized spacial score (nSPS) is 16.3. The van der Waals surface area contributed by atoms with E-state index in [1.54, 1.807) is 6.07 Å². The van der Waals surface area contributed by atoms with Crippen LogP contribution >= 0.6 is 0 Å². The Labute approximate surface area is 157 Å². The van der Waals surface area contributed by atoms with Gasteiger partial charge in [-0.2, -0.15) is 0 Å². The number of carbonyl (C=O) groups excluding carboxylic acids is 1.